The third-order valence-corrected chi connectivity index (χ3v) is 3.37. The quantitative estimate of drug-likeness (QED) is 0.844. The number of amides is 1. The SMILES string of the molecule is O=C1CC(=O)N(c2ccc3cc(C(=O)O)ccc3c2)C1. The molecular formula is C15H11NO4. The van der Waals surface area contributed by atoms with Crippen LogP contribution in [0.5, 0.6) is 0 Å². The number of hydrogen-bond acceptors (Lipinski definition) is 3. The van der Waals surface area contributed by atoms with Gasteiger partial charge in [-0.05, 0) is 35.0 Å². The fourth-order valence-electron chi connectivity index (χ4n) is 2.35. The van der Waals surface area contributed by atoms with Crippen molar-refractivity contribution in [3.63, 3.8) is 0 Å². The lowest BCUT2D eigenvalue weighted by molar-refractivity contribution is -0.121. The summed E-state index contributed by atoms with van der Waals surface area (Å²) >= 11 is 0. The third-order valence-electron chi connectivity index (χ3n) is 3.37. The normalized spacial score (nSPS) is 15.1. The molecule has 0 aromatic heterocycles. The molecule has 1 amide bonds. The predicted molar refractivity (Wildman–Crippen MR) is 72.9 cm³/mol. The summed E-state index contributed by atoms with van der Waals surface area (Å²) < 4.78 is 0. The van der Waals surface area contributed by atoms with Gasteiger partial charge in [0.2, 0.25) is 5.91 Å². The van der Waals surface area contributed by atoms with Crippen LogP contribution >= 0.6 is 0 Å². The molecule has 5 heteroatoms. The fourth-order valence-corrected chi connectivity index (χ4v) is 2.35. The molecule has 0 unspecified atom stereocenters. The van der Waals surface area contributed by atoms with Gasteiger partial charge in [-0.15, -0.1) is 0 Å². The lowest BCUT2D eigenvalue weighted by atomic mass is 10.1. The van der Waals surface area contributed by atoms with E-state index in [0.29, 0.717) is 5.69 Å². The van der Waals surface area contributed by atoms with Crippen molar-refractivity contribution in [1.29, 1.82) is 0 Å². The van der Waals surface area contributed by atoms with Gasteiger partial charge in [0.05, 0.1) is 18.5 Å². The van der Waals surface area contributed by atoms with Crippen LogP contribution in [0.4, 0.5) is 5.69 Å². The van der Waals surface area contributed by atoms with Gasteiger partial charge in [0.25, 0.3) is 0 Å². The second-order valence-electron chi connectivity index (χ2n) is 4.75. The zero-order chi connectivity index (χ0) is 14.3. The Morgan fingerprint density at radius 1 is 1.05 bits per heavy atom. The fraction of sp³-hybridized carbons (Fsp3) is 0.133. The molecular weight excluding hydrogens is 258 g/mol. The van der Waals surface area contributed by atoms with Gasteiger partial charge in [0.15, 0.2) is 5.78 Å². The molecule has 0 spiro atoms. The topological polar surface area (TPSA) is 74.7 Å². The Morgan fingerprint density at radius 3 is 2.40 bits per heavy atom. The molecule has 3 rings (SSSR count). The van der Waals surface area contributed by atoms with E-state index in [9.17, 15) is 14.4 Å². The van der Waals surface area contributed by atoms with E-state index in [0.717, 1.165) is 10.8 Å². The van der Waals surface area contributed by atoms with Crippen LogP contribution in [0.3, 0.4) is 0 Å². The highest BCUT2D eigenvalue weighted by Crippen LogP contribution is 2.25. The number of carboxylic acid groups (broad SMARTS) is 1. The maximum absolute atomic E-state index is 11.7. The molecule has 1 saturated heterocycles. The van der Waals surface area contributed by atoms with Crippen LogP contribution in [0.2, 0.25) is 0 Å². The van der Waals surface area contributed by atoms with E-state index in [-0.39, 0.29) is 30.2 Å². The van der Waals surface area contributed by atoms with Gasteiger partial charge >= 0.3 is 5.97 Å². The number of aromatic carboxylic acids is 1. The van der Waals surface area contributed by atoms with Crippen molar-refractivity contribution in [2.45, 2.75) is 6.42 Å². The van der Waals surface area contributed by atoms with Gasteiger partial charge in [0.1, 0.15) is 0 Å². The zero-order valence-electron chi connectivity index (χ0n) is 10.5. The molecule has 2 aromatic rings. The minimum Gasteiger partial charge on any atom is -0.478 e. The molecule has 100 valence electrons. The first kappa shape index (κ1) is 12.3. The van der Waals surface area contributed by atoms with Crippen molar-refractivity contribution < 1.29 is 19.5 Å². The van der Waals surface area contributed by atoms with Crippen LogP contribution in [-0.2, 0) is 9.59 Å². The largest absolute Gasteiger partial charge is 0.478 e. The molecule has 0 radical (unpaired) electrons. The first-order chi connectivity index (χ1) is 9.54. The Morgan fingerprint density at radius 2 is 1.75 bits per heavy atom. The van der Waals surface area contributed by atoms with Crippen LogP contribution in [0, 0.1) is 0 Å². The number of nitrogens with zero attached hydrogens (tertiary/aromatic N) is 1. The van der Waals surface area contributed by atoms with Crippen LogP contribution in [0.15, 0.2) is 36.4 Å². The summed E-state index contributed by atoms with van der Waals surface area (Å²) in [7, 11) is 0. The Kier molecular flexibility index (Phi) is 2.75. The zero-order valence-corrected chi connectivity index (χ0v) is 10.5. The Labute approximate surface area is 114 Å². The predicted octanol–water partition coefficient (Wildman–Crippen LogP) is 1.84. The maximum Gasteiger partial charge on any atom is 0.335 e. The number of hydrogen-bond donors (Lipinski definition) is 1. The van der Waals surface area contributed by atoms with Crippen LogP contribution in [-0.4, -0.2) is 29.3 Å². The standard InChI is InChI=1S/C15H11NO4/c17-13-7-14(18)16(8-13)12-4-3-9-5-11(15(19)20)2-1-10(9)6-12/h1-6H,7-8H2,(H,19,20). The van der Waals surface area contributed by atoms with Gasteiger partial charge < -0.3 is 10.0 Å². The van der Waals surface area contributed by atoms with E-state index < -0.39 is 5.97 Å². The third kappa shape index (κ3) is 2.03. The summed E-state index contributed by atoms with van der Waals surface area (Å²) in [5.74, 6) is -1.26. The second kappa shape index (κ2) is 4.45. The number of ketones is 1. The van der Waals surface area contributed by atoms with Crippen molar-refractivity contribution in [2.24, 2.45) is 0 Å². The van der Waals surface area contributed by atoms with Gasteiger partial charge in [0, 0.05) is 5.69 Å². The van der Waals surface area contributed by atoms with E-state index in [2.05, 4.69) is 0 Å². The van der Waals surface area contributed by atoms with E-state index in [4.69, 9.17) is 5.11 Å². The van der Waals surface area contributed by atoms with Crippen molar-refractivity contribution >= 4 is 34.1 Å². The number of Topliss-reactive ketones (excluding diaryl/α,β-unsaturated/α-hetero) is 1. The molecule has 1 N–H and O–H groups in total. The second-order valence-corrected chi connectivity index (χ2v) is 4.75. The summed E-state index contributed by atoms with van der Waals surface area (Å²) in [5.41, 5.74) is 0.883. The smallest absolute Gasteiger partial charge is 0.335 e. The summed E-state index contributed by atoms with van der Waals surface area (Å²) in [6, 6.07) is 10.1. The number of carboxylic acids is 1. The number of benzene rings is 2. The minimum absolute atomic E-state index is 0.0456. The Bertz CT molecular complexity index is 751. The van der Waals surface area contributed by atoms with Crippen molar-refractivity contribution in [3.8, 4) is 0 Å². The molecule has 0 bridgehead atoms. The van der Waals surface area contributed by atoms with Crippen molar-refractivity contribution in [1.82, 2.24) is 0 Å². The van der Waals surface area contributed by atoms with Gasteiger partial charge in [-0.2, -0.15) is 0 Å². The Balaban J connectivity index is 2.03. The number of rotatable bonds is 2. The number of carbonyl (C=O) groups excluding carboxylic acids is 2. The van der Waals surface area contributed by atoms with E-state index in [1.165, 1.54) is 11.0 Å². The average Bonchev–Trinajstić information content (AvgIpc) is 2.76. The molecule has 1 aliphatic heterocycles. The van der Waals surface area contributed by atoms with E-state index in [1.54, 1.807) is 30.3 Å². The highest BCUT2D eigenvalue weighted by Gasteiger charge is 2.28. The molecule has 2 aromatic carbocycles. The number of carbonyl (C=O) groups is 3. The lowest BCUT2D eigenvalue weighted by Crippen LogP contribution is -2.24. The monoisotopic (exact) mass is 269 g/mol. The lowest BCUT2D eigenvalue weighted by Gasteiger charge is -2.15. The highest BCUT2D eigenvalue weighted by molar-refractivity contribution is 6.15. The molecule has 0 saturated carbocycles. The molecule has 1 aliphatic rings. The summed E-state index contributed by atoms with van der Waals surface area (Å²) in [4.78, 5) is 35.3. The summed E-state index contributed by atoms with van der Waals surface area (Å²) in [6.07, 6.45) is -0.0456. The molecule has 20 heavy (non-hydrogen) atoms. The van der Waals surface area contributed by atoms with Crippen molar-refractivity contribution in [3.05, 3.63) is 42.0 Å². The van der Waals surface area contributed by atoms with Crippen LogP contribution < -0.4 is 4.90 Å². The minimum atomic E-state index is -0.976. The van der Waals surface area contributed by atoms with Gasteiger partial charge in [-0.1, -0.05) is 12.1 Å². The molecule has 0 aliphatic carbocycles. The van der Waals surface area contributed by atoms with Gasteiger partial charge in [-0.3, -0.25) is 9.59 Å². The Hall–Kier alpha value is -2.69. The van der Waals surface area contributed by atoms with Gasteiger partial charge in [-0.25, -0.2) is 4.79 Å². The van der Waals surface area contributed by atoms with E-state index in [1.807, 2.05) is 0 Å². The first-order valence-corrected chi connectivity index (χ1v) is 6.14. The summed E-state index contributed by atoms with van der Waals surface area (Å²) in [5, 5.41) is 10.6. The maximum atomic E-state index is 11.7. The van der Waals surface area contributed by atoms with Crippen molar-refractivity contribution in [2.75, 3.05) is 11.4 Å². The van der Waals surface area contributed by atoms with Crippen LogP contribution in [0.1, 0.15) is 16.8 Å². The molecule has 1 heterocycles. The molecule has 0 atom stereocenters. The molecule has 5 nitrogen and oxygen atoms in total. The van der Waals surface area contributed by atoms with E-state index >= 15 is 0 Å². The number of anilines is 1. The average molecular weight is 269 g/mol. The number of fused-ring (bicyclic) bond motifs is 1. The highest BCUT2D eigenvalue weighted by atomic mass is 16.4. The first-order valence-electron chi connectivity index (χ1n) is 6.14. The van der Waals surface area contributed by atoms with Crippen LogP contribution in [0.25, 0.3) is 10.8 Å². The molecule has 1 fully saturated rings. The summed E-state index contributed by atoms with van der Waals surface area (Å²) in [6.45, 7) is 0.109.